The van der Waals surface area contributed by atoms with Crippen LogP contribution in [0.2, 0.25) is 0 Å². The van der Waals surface area contributed by atoms with E-state index in [1.807, 2.05) is 6.92 Å². The molecule has 0 aliphatic heterocycles. The molecule has 172 valence electrons. The van der Waals surface area contributed by atoms with Crippen LogP contribution in [-0.2, 0) is 4.79 Å². The molecule has 0 rings (SSSR count). The zero-order valence-electron chi connectivity index (χ0n) is 18.5. The monoisotopic (exact) mass is 430 g/mol. The summed E-state index contributed by atoms with van der Waals surface area (Å²) >= 11 is 0. The van der Waals surface area contributed by atoms with Gasteiger partial charge in [-0.25, -0.2) is 18.4 Å². The summed E-state index contributed by atoms with van der Waals surface area (Å²) in [5, 5.41) is 18.2. The lowest BCUT2D eigenvalue weighted by atomic mass is 9.95. The van der Waals surface area contributed by atoms with Gasteiger partial charge in [-0.05, 0) is 66.2 Å². The number of nitrogens with two attached hydrogens (primary N) is 1. The Labute approximate surface area is 178 Å². The predicted octanol–water partition coefficient (Wildman–Crippen LogP) is 5.21. The molecule has 0 heterocycles. The molecule has 30 heavy (non-hydrogen) atoms. The lowest BCUT2D eigenvalue weighted by Gasteiger charge is -2.25. The summed E-state index contributed by atoms with van der Waals surface area (Å²) in [6, 6.07) is 0. The van der Waals surface area contributed by atoms with Crippen molar-refractivity contribution in [2.24, 2.45) is 5.73 Å². The molecule has 0 saturated carbocycles. The molecule has 6 nitrogen and oxygen atoms in total. The third kappa shape index (κ3) is 11.1. The van der Waals surface area contributed by atoms with Crippen LogP contribution in [0.3, 0.4) is 0 Å². The minimum absolute atomic E-state index is 0.0680. The second kappa shape index (κ2) is 13.9. The minimum atomic E-state index is -3.23. The molecule has 4 N–H and O–H groups in total. The Bertz CT molecular complexity index is 656. The van der Waals surface area contributed by atoms with Gasteiger partial charge < -0.3 is 20.8 Å². The van der Waals surface area contributed by atoms with Crippen LogP contribution in [0, 0.1) is 0 Å². The van der Waals surface area contributed by atoms with Gasteiger partial charge in [-0.3, -0.25) is 0 Å². The van der Waals surface area contributed by atoms with E-state index in [0.717, 1.165) is 36.2 Å². The fourth-order valence-electron chi connectivity index (χ4n) is 2.74. The normalized spacial score (nSPS) is 14.4. The Balaban J connectivity index is 4.57. The van der Waals surface area contributed by atoms with Gasteiger partial charge in [0.05, 0.1) is 0 Å². The molecule has 0 aromatic rings. The van der Waals surface area contributed by atoms with Gasteiger partial charge in [0, 0.05) is 13.1 Å². The highest BCUT2D eigenvalue weighted by atomic mass is 19.3. The van der Waals surface area contributed by atoms with E-state index >= 15 is 0 Å². The van der Waals surface area contributed by atoms with Gasteiger partial charge in [0.25, 0.3) is 6.43 Å². The molecule has 0 aromatic carbocycles. The average molecular weight is 431 g/mol. The van der Waals surface area contributed by atoms with E-state index in [1.54, 1.807) is 6.08 Å². The summed E-state index contributed by atoms with van der Waals surface area (Å²) in [4.78, 5) is 23.4. The highest BCUT2D eigenvalue weighted by Crippen LogP contribution is 2.20. The topological polar surface area (TPSA) is 104 Å². The molecule has 0 fully saturated rings. The number of hydrogen-bond donors (Lipinski definition) is 3. The van der Waals surface area contributed by atoms with Gasteiger partial charge in [-0.2, -0.15) is 0 Å². The second-order valence-corrected chi connectivity index (χ2v) is 7.94. The van der Waals surface area contributed by atoms with Crippen molar-refractivity contribution >= 4 is 12.1 Å². The highest BCUT2D eigenvalue weighted by molar-refractivity contribution is 5.79. The Morgan fingerprint density at radius 2 is 1.53 bits per heavy atom. The van der Waals surface area contributed by atoms with E-state index in [1.165, 1.54) is 11.1 Å². The molecule has 0 bridgehead atoms. The Morgan fingerprint density at radius 1 is 1.00 bits per heavy atom. The van der Waals surface area contributed by atoms with Crippen LogP contribution in [-0.4, -0.2) is 52.2 Å². The Morgan fingerprint density at radius 3 is 2.00 bits per heavy atom. The molecular formula is C22H36F2N2O4. The number of rotatable bonds is 14. The number of carboxylic acids is 1. The SMILES string of the molecule is CC(C)=CCCC(C)=CCCC(C)=CCN(CCCC(N)(C(=O)O)C(F)F)C(=O)O. The molecule has 1 unspecified atom stereocenters. The lowest BCUT2D eigenvalue weighted by Crippen LogP contribution is -2.54. The number of alkyl halides is 2. The maximum Gasteiger partial charge on any atom is 0.407 e. The average Bonchev–Trinajstić information content (AvgIpc) is 2.63. The number of aliphatic carboxylic acids is 1. The van der Waals surface area contributed by atoms with Crippen molar-refractivity contribution in [1.29, 1.82) is 0 Å². The van der Waals surface area contributed by atoms with E-state index in [4.69, 9.17) is 10.8 Å². The van der Waals surface area contributed by atoms with Crippen molar-refractivity contribution < 1.29 is 28.6 Å². The van der Waals surface area contributed by atoms with E-state index < -0.39 is 30.4 Å². The summed E-state index contributed by atoms with van der Waals surface area (Å²) in [7, 11) is 0. The van der Waals surface area contributed by atoms with E-state index in [9.17, 15) is 23.5 Å². The molecule has 0 aliphatic rings. The number of halogens is 2. The third-order valence-electron chi connectivity index (χ3n) is 4.86. The van der Waals surface area contributed by atoms with E-state index in [-0.39, 0.29) is 19.5 Å². The number of nitrogens with zero attached hydrogens (tertiary/aromatic N) is 1. The van der Waals surface area contributed by atoms with Gasteiger partial charge in [0.1, 0.15) is 0 Å². The number of amides is 1. The summed E-state index contributed by atoms with van der Waals surface area (Å²) in [6.07, 6.45) is 4.87. The quantitative estimate of drug-likeness (QED) is 0.328. The maximum atomic E-state index is 12.9. The van der Waals surface area contributed by atoms with Crippen molar-refractivity contribution in [2.45, 2.75) is 78.2 Å². The van der Waals surface area contributed by atoms with Crippen LogP contribution in [0.5, 0.6) is 0 Å². The summed E-state index contributed by atoms with van der Waals surface area (Å²) in [6.45, 7) is 8.21. The third-order valence-corrected chi connectivity index (χ3v) is 4.86. The molecule has 0 aromatic heterocycles. The second-order valence-electron chi connectivity index (χ2n) is 7.94. The van der Waals surface area contributed by atoms with Gasteiger partial charge >= 0.3 is 12.1 Å². The molecule has 1 atom stereocenters. The number of carboxylic acid groups (broad SMARTS) is 2. The van der Waals surface area contributed by atoms with Crippen LogP contribution in [0.25, 0.3) is 0 Å². The summed E-state index contributed by atoms with van der Waals surface area (Å²) < 4.78 is 25.8. The Kier molecular flexibility index (Phi) is 12.9. The van der Waals surface area contributed by atoms with Gasteiger partial charge in [0.15, 0.2) is 5.54 Å². The molecular weight excluding hydrogens is 394 g/mol. The summed E-state index contributed by atoms with van der Waals surface area (Å²) in [5.74, 6) is -1.79. The van der Waals surface area contributed by atoms with Crippen LogP contribution in [0.15, 0.2) is 34.9 Å². The maximum absolute atomic E-state index is 12.9. The zero-order chi connectivity index (χ0) is 23.3. The number of hydrogen-bond acceptors (Lipinski definition) is 3. The van der Waals surface area contributed by atoms with Crippen LogP contribution in [0.4, 0.5) is 13.6 Å². The van der Waals surface area contributed by atoms with Crippen molar-refractivity contribution in [3.8, 4) is 0 Å². The molecule has 8 heteroatoms. The fraction of sp³-hybridized carbons (Fsp3) is 0.636. The molecule has 0 spiro atoms. The molecule has 0 aliphatic carbocycles. The minimum Gasteiger partial charge on any atom is -0.480 e. The zero-order valence-corrected chi connectivity index (χ0v) is 18.5. The number of carbonyl (C=O) groups is 2. The van der Waals surface area contributed by atoms with Crippen LogP contribution in [0.1, 0.15) is 66.2 Å². The van der Waals surface area contributed by atoms with Gasteiger partial charge in [0.2, 0.25) is 0 Å². The first-order valence-corrected chi connectivity index (χ1v) is 10.1. The fourth-order valence-corrected chi connectivity index (χ4v) is 2.74. The molecule has 0 radical (unpaired) electrons. The van der Waals surface area contributed by atoms with Crippen LogP contribution < -0.4 is 5.73 Å². The first kappa shape index (κ1) is 27.8. The van der Waals surface area contributed by atoms with Crippen LogP contribution >= 0.6 is 0 Å². The highest BCUT2D eigenvalue weighted by Gasteiger charge is 2.43. The van der Waals surface area contributed by atoms with Gasteiger partial charge in [-0.1, -0.05) is 34.9 Å². The largest absolute Gasteiger partial charge is 0.480 e. The van der Waals surface area contributed by atoms with E-state index in [2.05, 4.69) is 32.9 Å². The summed E-state index contributed by atoms with van der Waals surface area (Å²) in [5.41, 5.74) is 6.24. The standard InChI is InChI=1S/C22H36F2N2O4/c1-16(2)8-5-9-17(3)10-6-11-18(4)12-15-26(21(29)30)14-7-13-22(25,19(23)24)20(27)28/h8,10,12,19H,5-7,9,11,13-15,25H2,1-4H3,(H,27,28)(H,29,30). The smallest absolute Gasteiger partial charge is 0.407 e. The number of allylic oxidation sites excluding steroid dienone is 5. The first-order valence-electron chi connectivity index (χ1n) is 10.1. The van der Waals surface area contributed by atoms with Gasteiger partial charge in [-0.15, -0.1) is 0 Å². The van der Waals surface area contributed by atoms with Crippen molar-refractivity contribution in [1.82, 2.24) is 4.90 Å². The molecule has 0 saturated heterocycles. The predicted molar refractivity (Wildman–Crippen MR) is 115 cm³/mol. The van der Waals surface area contributed by atoms with Crippen molar-refractivity contribution in [3.63, 3.8) is 0 Å². The lowest BCUT2D eigenvalue weighted by molar-refractivity contribution is -0.150. The Hall–Kier alpha value is -2.22. The van der Waals surface area contributed by atoms with Crippen molar-refractivity contribution in [2.75, 3.05) is 13.1 Å². The van der Waals surface area contributed by atoms with Crippen molar-refractivity contribution in [3.05, 3.63) is 34.9 Å². The first-order chi connectivity index (χ1) is 13.9. The van der Waals surface area contributed by atoms with E-state index in [0.29, 0.717) is 0 Å². The molecule has 1 amide bonds.